The van der Waals surface area contributed by atoms with Crippen molar-refractivity contribution in [3.05, 3.63) is 0 Å². The monoisotopic (exact) mass is 664 g/mol. The fourth-order valence-electron chi connectivity index (χ4n) is 6.18. The molecule has 2 aliphatic heterocycles. The Morgan fingerprint density at radius 3 is 1.31 bits per heavy atom. The summed E-state index contributed by atoms with van der Waals surface area (Å²) in [5, 5.41) is 9.11. The molecule has 2 aliphatic rings. The topological polar surface area (TPSA) is 153 Å². The second-order valence-corrected chi connectivity index (χ2v) is 21.8. The summed E-state index contributed by atoms with van der Waals surface area (Å²) < 4.78 is 84.4. The molecule has 0 amide bonds. The number of aliphatic hydroxyl groups is 1. The van der Waals surface area contributed by atoms with Gasteiger partial charge >= 0.3 is 0 Å². The average Bonchev–Trinajstić information content (AvgIpc) is 3.26. The number of hydrogen-bond donors (Lipinski definition) is 1. The molecule has 12 nitrogen and oxygen atoms in total. The van der Waals surface area contributed by atoms with Crippen LogP contribution in [0.2, 0.25) is 16.6 Å². The Morgan fingerprint density at radius 1 is 0.667 bits per heavy atom. The van der Waals surface area contributed by atoms with Crippen LogP contribution in [0.15, 0.2) is 0 Å². The van der Waals surface area contributed by atoms with Crippen LogP contribution in [0.5, 0.6) is 0 Å². The highest BCUT2D eigenvalue weighted by molar-refractivity contribution is 7.86. The van der Waals surface area contributed by atoms with Gasteiger partial charge in [0.1, 0.15) is 36.6 Å². The van der Waals surface area contributed by atoms with Crippen molar-refractivity contribution in [3.8, 4) is 0 Å². The predicted octanol–water partition coefficient (Wildman–Crippen LogP) is 3.93. The normalized spacial score (nSPS) is 27.8. The van der Waals surface area contributed by atoms with Crippen LogP contribution in [0.3, 0.4) is 0 Å². The fourth-order valence-corrected chi connectivity index (χ4v) is 13.0. The van der Waals surface area contributed by atoms with Crippen LogP contribution in [0.4, 0.5) is 0 Å². The minimum absolute atomic E-state index is 0.244. The van der Waals surface area contributed by atoms with E-state index in [1.54, 1.807) is 27.7 Å². The largest absolute Gasteiger partial charge is 0.413 e. The SMILES string of the molecule is CC(C)[Si](OC[C@@H]1OC(C)(C)O[C@@H]1[C@@H](C)OS(C)(=O)=O)(C(C)C)C(C)C.C[C@@H](OS(C)(=O)=O)[C@H]1OC(C)(C)O[C@H]1CO. The number of ether oxygens (including phenoxy) is 4. The summed E-state index contributed by atoms with van der Waals surface area (Å²) in [6.07, 6.45) is -1.38. The van der Waals surface area contributed by atoms with Crippen molar-refractivity contribution in [2.45, 2.75) is 148 Å². The van der Waals surface area contributed by atoms with Gasteiger partial charge < -0.3 is 28.5 Å². The molecule has 42 heavy (non-hydrogen) atoms. The first-order valence-electron chi connectivity index (χ1n) is 14.5. The molecule has 15 heteroatoms. The zero-order valence-corrected chi connectivity index (χ0v) is 30.5. The van der Waals surface area contributed by atoms with Crippen LogP contribution >= 0.6 is 0 Å². The van der Waals surface area contributed by atoms with Crippen molar-refractivity contribution in [3.63, 3.8) is 0 Å². The molecule has 0 saturated carbocycles. The van der Waals surface area contributed by atoms with Crippen molar-refractivity contribution in [2.24, 2.45) is 0 Å². The third kappa shape index (κ3) is 11.6. The van der Waals surface area contributed by atoms with Gasteiger partial charge in [-0.3, -0.25) is 8.37 Å². The quantitative estimate of drug-likeness (QED) is 0.224. The molecule has 6 atom stereocenters. The maximum Gasteiger partial charge on any atom is 0.264 e. The molecule has 0 unspecified atom stereocenters. The predicted molar refractivity (Wildman–Crippen MR) is 163 cm³/mol. The highest BCUT2D eigenvalue weighted by atomic mass is 32.2. The Balaban J connectivity index is 0.000000470. The first kappa shape index (κ1) is 39.8. The molecule has 0 spiro atoms. The molecule has 1 N–H and O–H groups in total. The van der Waals surface area contributed by atoms with E-state index in [4.69, 9.17) is 36.8 Å². The van der Waals surface area contributed by atoms with E-state index in [-0.39, 0.29) is 12.7 Å². The smallest absolute Gasteiger partial charge is 0.264 e. The van der Waals surface area contributed by atoms with E-state index < -0.39 is 70.6 Å². The van der Waals surface area contributed by atoms with Crippen LogP contribution in [0, 0.1) is 0 Å². The van der Waals surface area contributed by atoms with Gasteiger partial charge in [-0.1, -0.05) is 41.5 Å². The van der Waals surface area contributed by atoms with Crippen LogP contribution in [-0.2, 0) is 52.0 Å². The Bertz CT molecular complexity index is 1040. The van der Waals surface area contributed by atoms with Crippen LogP contribution in [0.1, 0.15) is 83.1 Å². The lowest BCUT2D eigenvalue weighted by molar-refractivity contribution is -0.154. The number of aliphatic hydroxyl groups excluding tert-OH is 1. The molecule has 2 fully saturated rings. The summed E-state index contributed by atoms with van der Waals surface area (Å²) in [5.74, 6) is -1.64. The summed E-state index contributed by atoms with van der Waals surface area (Å²) in [6.45, 7) is 23.8. The van der Waals surface area contributed by atoms with Crippen LogP contribution < -0.4 is 0 Å². The van der Waals surface area contributed by atoms with Gasteiger partial charge in [-0.25, -0.2) is 0 Å². The molecule has 0 aromatic carbocycles. The first-order valence-corrected chi connectivity index (χ1v) is 20.3. The maximum absolute atomic E-state index is 11.5. The van der Waals surface area contributed by atoms with Gasteiger partial charge in [0.25, 0.3) is 20.2 Å². The summed E-state index contributed by atoms with van der Waals surface area (Å²) in [5.41, 5.74) is 1.38. The molecular weight excluding hydrogens is 609 g/mol. The van der Waals surface area contributed by atoms with Crippen molar-refractivity contribution >= 4 is 28.6 Å². The Morgan fingerprint density at radius 2 is 1.00 bits per heavy atom. The van der Waals surface area contributed by atoms with E-state index in [0.29, 0.717) is 23.2 Å². The van der Waals surface area contributed by atoms with Crippen molar-refractivity contribution in [2.75, 3.05) is 25.7 Å². The van der Waals surface area contributed by atoms with Gasteiger partial charge in [0.2, 0.25) is 0 Å². The van der Waals surface area contributed by atoms with Crippen molar-refractivity contribution in [1.82, 2.24) is 0 Å². The van der Waals surface area contributed by atoms with Gasteiger partial charge in [0, 0.05) is 0 Å². The summed E-state index contributed by atoms with van der Waals surface area (Å²) in [7, 11) is -9.17. The van der Waals surface area contributed by atoms with Crippen molar-refractivity contribution in [1.29, 1.82) is 0 Å². The van der Waals surface area contributed by atoms with E-state index in [2.05, 4.69) is 41.5 Å². The van der Waals surface area contributed by atoms with Gasteiger partial charge in [0.15, 0.2) is 19.9 Å². The van der Waals surface area contributed by atoms with Crippen LogP contribution in [-0.4, -0.2) is 104 Å². The third-order valence-electron chi connectivity index (χ3n) is 7.41. The highest BCUT2D eigenvalue weighted by Crippen LogP contribution is 2.43. The minimum atomic E-state index is -3.57. The zero-order valence-electron chi connectivity index (χ0n) is 27.9. The molecule has 0 aliphatic carbocycles. The van der Waals surface area contributed by atoms with Gasteiger partial charge in [-0.15, -0.1) is 0 Å². The molecule has 252 valence electrons. The second kappa shape index (κ2) is 14.9. The summed E-state index contributed by atoms with van der Waals surface area (Å²) >= 11 is 0. The zero-order chi connectivity index (χ0) is 33.1. The summed E-state index contributed by atoms with van der Waals surface area (Å²) in [4.78, 5) is 0. The van der Waals surface area contributed by atoms with E-state index in [1.807, 2.05) is 13.8 Å². The van der Waals surface area contributed by atoms with Crippen LogP contribution in [0.25, 0.3) is 0 Å². The van der Waals surface area contributed by atoms with E-state index in [1.165, 1.54) is 0 Å². The number of hydrogen-bond acceptors (Lipinski definition) is 12. The molecule has 2 rings (SSSR count). The van der Waals surface area contributed by atoms with Crippen molar-refractivity contribution < 1.29 is 53.7 Å². The Labute approximate surface area is 255 Å². The second-order valence-electron chi connectivity index (χ2n) is 13.1. The molecule has 0 bridgehead atoms. The lowest BCUT2D eigenvalue weighted by Crippen LogP contribution is -2.50. The van der Waals surface area contributed by atoms with Gasteiger partial charge in [-0.05, 0) is 58.2 Å². The molecule has 0 aromatic heterocycles. The average molecular weight is 665 g/mol. The third-order valence-corrected chi connectivity index (χ3v) is 14.8. The minimum Gasteiger partial charge on any atom is -0.413 e. The first-order chi connectivity index (χ1) is 18.8. The van der Waals surface area contributed by atoms with Gasteiger partial charge in [0.05, 0.1) is 25.7 Å². The lowest BCUT2D eigenvalue weighted by Gasteiger charge is -2.43. The highest BCUT2D eigenvalue weighted by Gasteiger charge is 2.50. The molecule has 0 aromatic rings. The summed E-state index contributed by atoms with van der Waals surface area (Å²) in [6, 6.07) is 0. The molecular formula is C27H56O12S2Si. The Hall–Kier alpha value is -0.203. The molecule has 0 radical (unpaired) electrons. The standard InChI is InChI=1S/C18H38O6SSi.C9H18O6S/c1-12(2)26(13(3)4,14(5)6)21-11-16-17(23-18(8,9)22-16)15(7)24-25(10,19)20;1-6(15-16(4,11)12)8-7(5-10)13-9(2,3)14-8/h12-17H,11H2,1-10H3;6-8,10H,5H2,1-4H3/t15-,16+,17-;6-,7+,8-/m11/s1. The fraction of sp³-hybridized carbons (Fsp3) is 1.00. The Kier molecular flexibility index (Phi) is 14.2. The molecule has 2 saturated heterocycles. The maximum atomic E-state index is 11.5. The number of rotatable bonds is 13. The van der Waals surface area contributed by atoms with E-state index in [9.17, 15) is 16.8 Å². The lowest BCUT2D eigenvalue weighted by atomic mass is 10.1. The molecule has 2 heterocycles. The van der Waals surface area contributed by atoms with Gasteiger partial charge in [-0.2, -0.15) is 16.8 Å². The van der Waals surface area contributed by atoms with E-state index in [0.717, 1.165) is 12.5 Å². The van der Waals surface area contributed by atoms with E-state index >= 15 is 0 Å².